The Kier molecular flexibility index (Phi) is 4.69. The molecule has 0 aliphatic rings. The summed E-state index contributed by atoms with van der Waals surface area (Å²) in [5, 5.41) is 2.54. The third kappa shape index (κ3) is 3.33. The van der Waals surface area contributed by atoms with Crippen LogP contribution in [0.15, 0.2) is 42.5 Å². The summed E-state index contributed by atoms with van der Waals surface area (Å²) in [5.41, 5.74) is 1.52. The van der Waals surface area contributed by atoms with E-state index >= 15 is 0 Å². The average Bonchev–Trinajstić information content (AvgIpc) is 2.48. The van der Waals surface area contributed by atoms with Gasteiger partial charge in [0, 0.05) is 12.4 Å². The summed E-state index contributed by atoms with van der Waals surface area (Å²) in [6.45, 7) is 0.233. The second-order valence-corrected chi connectivity index (χ2v) is 4.50. The van der Waals surface area contributed by atoms with E-state index in [-0.39, 0.29) is 12.1 Å². The van der Waals surface area contributed by atoms with Gasteiger partial charge in [-0.05, 0) is 23.3 Å². The Morgan fingerprint density at radius 2 is 1.70 bits per heavy atom. The highest BCUT2D eigenvalue weighted by atomic mass is 35.5. The lowest BCUT2D eigenvalue weighted by atomic mass is 10.1. The molecule has 1 amide bonds. The van der Waals surface area contributed by atoms with Gasteiger partial charge in [0.25, 0.3) is 5.91 Å². The molecule has 0 aromatic heterocycles. The van der Waals surface area contributed by atoms with E-state index in [9.17, 15) is 13.6 Å². The van der Waals surface area contributed by atoms with E-state index in [2.05, 4.69) is 5.32 Å². The third-order valence-corrected chi connectivity index (χ3v) is 3.14. The summed E-state index contributed by atoms with van der Waals surface area (Å²) in [6, 6.07) is 10.8. The van der Waals surface area contributed by atoms with Crippen LogP contribution in [0, 0.1) is 11.6 Å². The van der Waals surface area contributed by atoms with Gasteiger partial charge in [-0.2, -0.15) is 0 Å². The first kappa shape index (κ1) is 14.5. The number of amides is 1. The number of hydrogen-bond donors (Lipinski definition) is 1. The molecule has 0 fully saturated rings. The van der Waals surface area contributed by atoms with Crippen LogP contribution in [0.2, 0.25) is 0 Å². The normalized spacial score (nSPS) is 10.3. The van der Waals surface area contributed by atoms with Crippen molar-refractivity contribution < 1.29 is 13.6 Å². The smallest absolute Gasteiger partial charge is 0.254 e. The van der Waals surface area contributed by atoms with Crippen LogP contribution in [0.4, 0.5) is 8.78 Å². The van der Waals surface area contributed by atoms with Gasteiger partial charge in [0.05, 0.1) is 5.56 Å². The number of benzene rings is 2. The van der Waals surface area contributed by atoms with Crippen molar-refractivity contribution in [3.63, 3.8) is 0 Å². The molecule has 0 unspecified atom stereocenters. The molecule has 0 saturated heterocycles. The standard InChI is InChI=1S/C15H12ClF2NO/c16-8-10-4-6-11(7-5-10)9-19-15(20)12-2-1-3-13(17)14(12)18/h1-7H,8-9H2,(H,19,20). The molecule has 0 atom stereocenters. The molecule has 2 rings (SSSR count). The van der Waals surface area contributed by atoms with Gasteiger partial charge in [0.15, 0.2) is 11.6 Å². The number of hydrogen-bond acceptors (Lipinski definition) is 1. The summed E-state index contributed by atoms with van der Waals surface area (Å²) in [4.78, 5) is 11.8. The third-order valence-electron chi connectivity index (χ3n) is 2.83. The second kappa shape index (κ2) is 6.48. The van der Waals surface area contributed by atoms with Gasteiger partial charge >= 0.3 is 0 Å². The van der Waals surface area contributed by atoms with E-state index in [0.29, 0.717) is 5.88 Å². The Balaban J connectivity index is 2.02. The lowest BCUT2D eigenvalue weighted by molar-refractivity contribution is 0.0946. The van der Waals surface area contributed by atoms with E-state index in [1.165, 1.54) is 12.1 Å². The largest absolute Gasteiger partial charge is 0.348 e. The Labute approximate surface area is 120 Å². The zero-order valence-electron chi connectivity index (χ0n) is 10.5. The quantitative estimate of drug-likeness (QED) is 0.857. The number of alkyl halides is 1. The van der Waals surface area contributed by atoms with Crippen LogP contribution >= 0.6 is 11.6 Å². The predicted octanol–water partition coefficient (Wildman–Crippen LogP) is 3.63. The molecule has 2 nitrogen and oxygen atoms in total. The van der Waals surface area contributed by atoms with Crippen LogP contribution in [-0.2, 0) is 12.4 Å². The molecule has 0 spiro atoms. The topological polar surface area (TPSA) is 29.1 Å². The Morgan fingerprint density at radius 3 is 2.35 bits per heavy atom. The molecule has 2 aromatic rings. The van der Waals surface area contributed by atoms with Crippen molar-refractivity contribution in [3.05, 3.63) is 70.8 Å². The molecule has 2 aromatic carbocycles. The molecular weight excluding hydrogens is 284 g/mol. The molecular formula is C15H12ClF2NO. The highest BCUT2D eigenvalue weighted by molar-refractivity contribution is 6.17. The summed E-state index contributed by atoms with van der Waals surface area (Å²) in [5.74, 6) is -2.41. The predicted molar refractivity (Wildman–Crippen MR) is 73.5 cm³/mol. The van der Waals surface area contributed by atoms with Gasteiger partial charge in [0.1, 0.15) is 0 Å². The summed E-state index contributed by atoms with van der Waals surface area (Å²) in [7, 11) is 0. The maximum Gasteiger partial charge on any atom is 0.254 e. The van der Waals surface area contributed by atoms with Gasteiger partial charge in [-0.3, -0.25) is 4.79 Å². The number of nitrogens with one attached hydrogen (secondary N) is 1. The van der Waals surface area contributed by atoms with Crippen LogP contribution in [0.25, 0.3) is 0 Å². The van der Waals surface area contributed by atoms with E-state index in [4.69, 9.17) is 11.6 Å². The Bertz CT molecular complexity index is 614. The zero-order valence-corrected chi connectivity index (χ0v) is 11.3. The average molecular weight is 296 g/mol. The van der Waals surface area contributed by atoms with Crippen molar-refractivity contribution in [2.24, 2.45) is 0 Å². The first-order chi connectivity index (χ1) is 9.61. The lowest BCUT2D eigenvalue weighted by Crippen LogP contribution is -2.24. The van der Waals surface area contributed by atoms with Gasteiger partial charge < -0.3 is 5.32 Å². The fourth-order valence-electron chi connectivity index (χ4n) is 1.70. The van der Waals surface area contributed by atoms with Crippen molar-refractivity contribution in [2.45, 2.75) is 12.4 Å². The molecule has 0 aliphatic carbocycles. The number of carbonyl (C=O) groups excluding carboxylic acids is 1. The van der Waals surface area contributed by atoms with Crippen molar-refractivity contribution >= 4 is 17.5 Å². The minimum atomic E-state index is -1.14. The first-order valence-electron chi connectivity index (χ1n) is 5.98. The molecule has 0 aliphatic heterocycles. The first-order valence-corrected chi connectivity index (χ1v) is 6.51. The van der Waals surface area contributed by atoms with E-state index < -0.39 is 17.5 Å². The fourth-order valence-corrected chi connectivity index (χ4v) is 1.88. The van der Waals surface area contributed by atoms with E-state index in [0.717, 1.165) is 17.2 Å². The van der Waals surface area contributed by atoms with Crippen LogP contribution in [-0.4, -0.2) is 5.91 Å². The lowest BCUT2D eigenvalue weighted by Gasteiger charge is -2.07. The van der Waals surface area contributed by atoms with E-state index in [1.54, 1.807) is 0 Å². The number of rotatable bonds is 4. The van der Waals surface area contributed by atoms with Gasteiger partial charge in [-0.15, -0.1) is 11.6 Å². The van der Waals surface area contributed by atoms with Crippen LogP contribution in [0.3, 0.4) is 0 Å². The summed E-state index contributed by atoms with van der Waals surface area (Å²) >= 11 is 5.67. The van der Waals surface area contributed by atoms with Crippen molar-refractivity contribution in [1.82, 2.24) is 5.32 Å². The minimum absolute atomic E-state index is 0.233. The molecule has 0 heterocycles. The molecule has 1 N–H and O–H groups in total. The van der Waals surface area contributed by atoms with Crippen LogP contribution in [0.5, 0.6) is 0 Å². The fraction of sp³-hybridized carbons (Fsp3) is 0.133. The summed E-state index contributed by atoms with van der Waals surface area (Å²) < 4.78 is 26.4. The molecule has 5 heteroatoms. The van der Waals surface area contributed by atoms with Crippen molar-refractivity contribution in [3.8, 4) is 0 Å². The SMILES string of the molecule is O=C(NCc1ccc(CCl)cc1)c1cccc(F)c1F. The highest BCUT2D eigenvalue weighted by Crippen LogP contribution is 2.12. The molecule has 104 valence electrons. The van der Waals surface area contributed by atoms with Gasteiger partial charge in [0.2, 0.25) is 0 Å². The van der Waals surface area contributed by atoms with Crippen molar-refractivity contribution in [1.29, 1.82) is 0 Å². The summed E-state index contributed by atoms with van der Waals surface area (Å²) in [6.07, 6.45) is 0. The van der Waals surface area contributed by atoms with Gasteiger partial charge in [-0.1, -0.05) is 30.3 Å². The van der Waals surface area contributed by atoms with Crippen LogP contribution < -0.4 is 5.32 Å². The number of halogens is 3. The Hall–Kier alpha value is -1.94. The van der Waals surface area contributed by atoms with Crippen molar-refractivity contribution in [2.75, 3.05) is 0 Å². The highest BCUT2D eigenvalue weighted by Gasteiger charge is 2.14. The monoisotopic (exact) mass is 295 g/mol. The maximum absolute atomic E-state index is 13.4. The second-order valence-electron chi connectivity index (χ2n) is 4.23. The van der Waals surface area contributed by atoms with Gasteiger partial charge in [-0.25, -0.2) is 8.78 Å². The molecule has 0 saturated carbocycles. The maximum atomic E-state index is 13.4. The molecule has 20 heavy (non-hydrogen) atoms. The van der Waals surface area contributed by atoms with E-state index in [1.807, 2.05) is 24.3 Å². The molecule has 0 radical (unpaired) electrons. The van der Waals surface area contributed by atoms with Crippen LogP contribution in [0.1, 0.15) is 21.5 Å². The molecule has 0 bridgehead atoms. The number of carbonyl (C=O) groups is 1. The zero-order chi connectivity index (χ0) is 14.5. The Morgan fingerprint density at radius 1 is 1.05 bits per heavy atom. The minimum Gasteiger partial charge on any atom is -0.348 e.